The van der Waals surface area contributed by atoms with Gasteiger partial charge < -0.3 is 9.73 Å². The SMILES string of the molecule is c1cc2c(o1)CCCC2Nc1ccc2ncsc2c1. The molecule has 19 heavy (non-hydrogen) atoms. The molecule has 3 nitrogen and oxygen atoms in total. The van der Waals surface area contributed by atoms with E-state index in [0.29, 0.717) is 6.04 Å². The van der Waals surface area contributed by atoms with E-state index in [0.717, 1.165) is 29.8 Å². The van der Waals surface area contributed by atoms with Gasteiger partial charge in [0.05, 0.1) is 28.0 Å². The first-order chi connectivity index (χ1) is 9.40. The normalized spacial score (nSPS) is 18.4. The fraction of sp³-hybridized carbons (Fsp3) is 0.267. The van der Waals surface area contributed by atoms with Gasteiger partial charge in [0.25, 0.3) is 0 Å². The molecule has 1 N–H and O–H groups in total. The molecule has 0 spiro atoms. The number of furan rings is 1. The molecule has 0 fully saturated rings. The summed E-state index contributed by atoms with van der Waals surface area (Å²) in [5.74, 6) is 1.14. The molecule has 4 heteroatoms. The molecule has 96 valence electrons. The molecular formula is C15H14N2OS. The summed E-state index contributed by atoms with van der Waals surface area (Å²) in [6, 6.07) is 8.83. The molecule has 1 unspecified atom stereocenters. The van der Waals surface area contributed by atoms with E-state index < -0.39 is 0 Å². The van der Waals surface area contributed by atoms with Crippen molar-refractivity contribution >= 4 is 27.2 Å². The lowest BCUT2D eigenvalue weighted by atomic mass is 9.93. The largest absolute Gasteiger partial charge is 0.469 e. The topological polar surface area (TPSA) is 38.1 Å². The van der Waals surface area contributed by atoms with Gasteiger partial charge in [-0.15, -0.1) is 11.3 Å². The average Bonchev–Trinajstić information content (AvgIpc) is 3.06. The van der Waals surface area contributed by atoms with Gasteiger partial charge in [0.1, 0.15) is 5.76 Å². The molecule has 4 rings (SSSR count). The molecule has 3 aromatic rings. The lowest BCUT2D eigenvalue weighted by Crippen LogP contribution is -2.15. The maximum atomic E-state index is 5.53. The van der Waals surface area contributed by atoms with Crippen LogP contribution in [0.5, 0.6) is 0 Å². The zero-order valence-electron chi connectivity index (χ0n) is 10.4. The maximum Gasteiger partial charge on any atom is 0.109 e. The van der Waals surface area contributed by atoms with Crippen molar-refractivity contribution in [2.45, 2.75) is 25.3 Å². The molecule has 0 amide bonds. The van der Waals surface area contributed by atoms with Gasteiger partial charge in [0, 0.05) is 17.7 Å². The molecule has 1 atom stereocenters. The van der Waals surface area contributed by atoms with E-state index in [9.17, 15) is 0 Å². The second kappa shape index (κ2) is 4.38. The van der Waals surface area contributed by atoms with E-state index in [2.05, 4.69) is 34.6 Å². The second-order valence-electron chi connectivity index (χ2n) is 4.92. The Bertz CT molecular complexity index is 716. The number of aromatic nitrogens is 1. The molecular weight excluding hydrogens is 256 g/mol. The standard InChI is InChI=1S/C15H14N2OS/c1-2-12(11-6-7-18-14(11)3-1)17-10-4-5-13-15(8-10)19-9-16-13/h4-9,12,17H,1-3H2. The van der Waals surface area contributed by atoms with Crippen LogP contribution in [0.2, 0.25) is 0 Å². The quantitative estimate of drug-likeness (QED) is 0.751. The molecule has 0 bridgehead atoms. The van der Waals surface area contributed by atoms with Crippen molar-refractivity contribution in [3.05, 3.63) is 47.4 Å². The van der Waals surface area contributed by atoms with Gasteiger partial charge in [-0.3, -0.25) is 0 Å². The molecule has 1 aliphatic carbocycles. The average molecular weight is 270 g/mol. The minimum absolute atomic E-state index is 0.368. The van der Waals surface area contributed by atoms with Crippen LogP contribution in [0.25, 0.3) is 10.2 Å². The number of thiazole rings is 1. The van der Waals surface area contributed by atoms with Gasteiger partial charge >= 0.3 is 0 Å². The van der Waals surface area contributed by atoms with E-state index in [1.54, 1.807) is 17.6 Å². The maximum absolute atomic E-state index is 5.53. The summed E-state index contributed by atoms with van der Waals surface area (Å²) in [5, 5.41) is 3.62. The number of nitrogens with one attached hydrogen (secondary N) is 1. The highest BCUT2D eigenvalue weighted by atomic mass is 32.1. The molecule has 0 saturated carbocycles. The molecule has 0 saturated heterocycles. The summed E-state index contributed by atoms with van der Waals surface area (Å²) in [6.45, 7) is 0. The van der Waals surface area contributed by atoms with E-state index in [1.165, 1.54) is 16.7 Å². The highest BCUT2D eigenvalue weighted by Crippen LogP contribution is 2.34. The zero-order valence-corrected chi connectivity index (χ0v) is 11.2. The molecule has 2 aromatic heterocycles. The highest BCUT2D eigenvalue weighted by molar-refractivity contribution is 7.16. The van der Waals surface area contributed by atoms with Gasteiger partial charge in [-0.2, -0.15) is 0 Å². The van der Waals surface area contributed by atoms with Crippen LogP contribution >= 0.6 is 11.3 Å². The first-order valence-electron chi connectivity index (χ1n) is 6.56. The predicted molar refractivity (Wildman–Crippen MR) is 77.6 cm³/mol. The Morgan fingerprint density at radius 1 is 1.32 bits per heavy atom. The minimum atomic E-state index is 0.368. The molecule has 0 radical (unpaired) electrons. The third-order valence-corrected chi connectivity index (χ3v) is 4.52. The number of fused-ring (bicyclic) bond motifs is 2. The van der Waals surface area contributed by atoms with Crippen LogP contribution < -0.4 is 5.32 Å². The second-order valence-corrected chi connectivity index (χ2v) is 5.81. The zero-order chi connectivity index (χ0) is 12.7. The van der Waals surface area contributed by atoms with Crippen LogP contribution in [-0.4, -0.2) is 4.98 Å². The van der Waals surface area contributed by atoms with Gasteiger partial charge in [-0.25, -0.2) is 4.98 Å². The van der Waals surface area contributed by atoms with Crippen LogP contribution in [-0.2, 0) is 6.42 Å². The number of rotatable bonds is 2. The Kier molecular flexibility index (Phi) is 2.55. The lowest BCUT2D eigenvalue weighted by Gasteiger charge is -2.23. The van der Waals surface area contributed by atoms with E-state index in [1.807, 2.05) is 5.51 Å². The van der Waals surface area contributed by atoms with Crippen molar-refractivity contribution < 1.29 is 4.42 Å². The summed E-state index contributed by atoms with van der Waals surface area (Å²) in [4.78, 5) is 4.31. The van der Waals surface area contributed by atoms with Crippen molar-refractivity contribution in [3.63, 3.8) is 0 Å². The fourth-order valence-electron chi connectivity index (χ4n) is 2.78. The van der Waals surface area contributed by atoms with Gasteiger partial charge in [0.15, 0.2) is 0 Å². The number of nitrogens with zero attached hydrogens (tertiary/aromatic N) is 1. The number of aryl methyl sites for hydroxylation is 1. The monoisotopic (exact) mass is 270 g/mol. The Labute approximate surface area is 115 Å². The Hall–Kier alpha value is -1.81. The van der Waals surface area contributed by atoms with Gasteiger partial charge in [-0.1, -0.05) is 0 Å². The number of hydrogen-bond acceptors (Lipinski definition) is 4. The van der Waals surface area contributed by atoms with Gasteiger partial charge in [0.2, 0.25) is 0 Å². The van der Waals surface area contributed by atoms with Gasteiger partial charge in [-0.05, 0) is 37.1 Å². The van der Waals surface area contributed by atoms with E-state index >= 15 is 0 Å². The third kappa shape index (κ3) is 1.92. The Morgan fingerprint density at radius 3 is 3.32 bits per heavy atom. The van der Waals surface area contributed by atoms with E-state index in [4.69, 9.17) is 4.42 Å². The van der Waals surface area contributed by atoms with Crippen LogP contribution in [0.3, 0.4) is 0 Å². The fourth-order valence-corrected chi connectivity index (χ4v) is 3.50. The van der Waals surface area contributed by atoms with E-state index in [-0.39, 0.29) is 0 Å². The molecule has 0 aliphatic heterocycles. The molecule has 1 aliphatic rings. The van der Waals surface area contributed by atoms with Crippen LogP contribution in [0.4, 0.5) is 5.69 Å². The summed E-state index contributed by atoms with van der Waals surface area (Å²) in [5.41, 5.74) is 5.44. The summed E-state index contributed by atoms with van der Waals surface area (Å²) >= 11 is 1.68. The van der Waals surface area contributed by atoms with Crippen LogP contribution in [0.15, 0.2) is 40.5 Å². The Morgan fingerprint density at radius 2 is 2.32 bits per heavy atom. The smallest absolute Gasteiger partial charge is 0.109 e. The number of benzene rings is 1. The van der Waals surface area contributed by atoms with Crippen LogP contribution in [0, 0.1) is 0 Å². The van der Waals surface area contributed by atoms with Crippen molar-refractivity contribution in [1.82, 2.24) is 4.98 Å². The summed E-state index contributed by atoms with van der Waals surface area (Å²) < 4.78 is 6.76. The van der Waals surface area contributed by atoms with Crippen molar-refractivity contribution in [2.75, 3.05) is 5.32 Å². The lowest BCUT2D eigenvalue weighted by molar-refractivity contribution is 0.461. The van der Waals surface area contributed by atoms with Crippen molar-refractivity contribution in [1.29, 1.82) is 0 Å². The van der Waals surface area contributed by atoms with Crippen molar-refractivity contribution in [3.8, 4) is 0 Å². The first kappa shape index (κ1) is 11.1. The Balaban J connectivity index is 1.65. The number of anilines is 1. The summed E-state index contributed by atoms with van der Waals surface area (Å²) in [6.07, 6.45) is 5.21. The van der Waals surface area contributed by atoms with Crippen molar-refractivity contribution in [2.24, 2.45) is 0 Å². The minimum Gasteiger partial charge on any atom is -0.469 e. The third-order valence-electron chi connectivity index (χ3n) is 3.72. The number of hydrogen-bond donors (Lipinski definition) is 1. The molecule has 2 heterocycles. The molecule has 1 aromatic carbocycles. The predicted octanol–water partition coefficient (Wildman–Crippen LogP) is 4.38. The highest BCUT2D eigenvalue weighted by Gasteiger charge is 2.22. The van der Waals surface area contributed by atoms with Crippen LogP contribution in [0.1, 0.15) is 30.2 Å². The summed E-state index contributed by atoms with van der Waals surface area (Å²) in [7, 11) is 0. The first-order valence-corrected chi connectivity index (χ1v) is 7.44.